The summed E-state index contributed by atoms with van der Waals surface area (Å²) in [7, 11) is 0. The number of hydrogen-bond acceptors (Lipinski definition) is 3. The molecule has 4 heteroatoms. The molecule has 1 aromatic heterocycles. The summed E-state index contributed by atoms with van der Waals surface area (Å²) in [5, 5.41) is 9.16. The number of aliphatic carboxylic acids is 1. The van der Waals surface area contributed by atoms with Crippen molar-refractivity contribution in [1.82, 2.24) is 9.88 Å². The van der Waals surface area contributed by atoms with Crippen LogP contribution in [0, 0.1) is 0 Å². The number of aromatic nitrogens is 1. The van der Waals surface area contributed by atoms with Crippen molar-refractivity contribution in [1.29, 1.82) is 0 Å². The van der Waals surface area contributed by atoms with Crippen molar-refractivity contribution in [3.8, 4) is 0 Å². The molecular weight excluding hydrogens is 240 g/mol. The van der Waals surface area contributed by atoms with E-state index in [1.54, 1.807) is 0 Å². The van der Waals surface area contributed by atoms with Gasteiger partial charge in [-0.3, -0.25) is 14.7 Å². The van der Waals surface area contributed by atoms with Crippen LogP contribution in [0.2, 0.25) is 0 Å². The predicted octanol–water partition coefficient (Wildman–Crippen LogP) is 2.43. The summed E-state index contributed by atoms with van der Waals surface area (Å²) in [5.74, 6) is -0.711. The molecule has 1 fully saturated rings. The zero-order chi connectivity index (χ0) is 14.0. The lowest BCUT2D eigenvalue weighted by molar-refractivity contribution is -0.142. The fourth-order valence-electron chi connectivity index (χ4n) is 2.49. The lowest BCUT2D eigenvalue weighted by Crippen LogP contribution is -2.35. The maximum absolute atomic E-state index is 11.1. The minimum absolute atomic E-state index is 0.0514. The SMILES string of the molecule is CC(C)(C)c1ccc(CN2CCCC2C(=O)O)cn1. The van der Waals surface area contributed by atoms with Gasteiger partial charge in [0, 0.05) is 23.9 Å². The fraction of sp³-hybridized carbons (Fsp3) is 0.600. The van der Waals surface area contributed by atoms with E-state index in [4.69, 9.17) is 5.11 Å². The molecule has 1 N–H and O–H groups in total. The van der Waals surface area contributed by atoms with Gasteiger partial charge in [-0.2, -0.15) is 0 Å². The number of nitrogens with zero attached hydrogens (tertiary/aromatic N) is 2. The first kappa shape index (κ1) is 14.0. The highest BCUT2D eigenvalue weighted by Crippen LogP contribution is 2.22. The second kappa shape index (κ2) is 5.29. The van der Waals surface area contributed by atoms with Gasteiger partial charge in [0.25, 0.3) is 0 Å². The number of carboxylic acids is 1. The molecule has 19 heavy (non-hydrogen) atoms. The molecule has 1 saturated heterocycles. The van der Waals surface area contributed by atoms with E-state index in [1.807, 2.05) is 17.2 Å². The molecule has 0 aromatic carbocycles. The highest BCUT2D eigenvalue weighted by atomic mass is 16.4. The third-order valence-electron chi connectivity index (χ3n) is 3.63. The van der Waals surface area contributed by atoms with E-state index in [1.165, 1.54) is 0 Å². The Bertz CT molecular complexity index is 448. The molecular formula is C15H22N2O2. The summed E-state index contributed by atoms with van der Waals surface area (Å²) < 4.78 is 0. The summed E-state index contributed by atoms with van der Waals surface area (Å²) in [6.07, 6.45) is 3.59. The maximum Gasteiger partial charge on any atom is 0.320 e. The Hall–Kier alpha value is -1.42. The number of pyridine rings is 1. The Morgan fingerprint density at radius 2 is 2.21 bits per heavy atom. The lowest BCUT2D eigenvalue weighted by atomic mass is 9.91. The van der Waals surface area contributed by atoms with Crippen molar-refractivity contribution in [2.75, 3.05) is 6.54 Å². The number of carbonyl (C=O) groups is 1. The van der Waals surface area contributed by atoms with Crippen molar-refractivity contribution in [2.45, 2.75) is 51.6 Å². The van der Waals surface area contributed by atoms with Gasteiger partial charge in [0.1, 0.15) is 6.04 Å². The molecule has 104 valence electrons. The second-order valence-corrected chi connectivity index (χ2v) is 6.27. The van der Waals surface area contributed by atoms with Crippen LogP contribution in [-0.4, -0.2) is 33.5 Å². The maximum atomic E-state index is 11.1. The lowest BCUT2D eigenvalue weighted by Gasteiger charge is -2.22. The normalized spacial score (nSPS) is 20.7. The van der Waals surface area contributed by atoms with Gasteiger partial charge in [0.15, 0.2) is 0 Å². The Morgan fingerprint density at radius 3 is 2.74 bits per heavy atom. The summed E-state index contributed by atoms with van der Waals surface area (Å²) in [5.41, 5.74) is 2.20. The van der Waals surface area contributed by atoms with Crippen molar-refractivity contribution < 1.29 is 9.90 Å². The van der Waals surface area contributed by atoms with Crippen molar-refractivity contribution in [2.24, 2.45) is 0 Å². The average Bonchev–Trinajstić information content (AvgIpc) is 2.77. The molecule has 4 nitrogen and oxygen atoms in total. The largest absolute Gasteiger partial charge is 0.480 e. The van der Waals surface area contributed by atoms with Crippen LogP contribution in [0.3, 0.4) is 0 Å². The number of carboxylic acid groups (broad SMARTS) is 1. The molecule has 1 atom stereocenters. The quantitative estimate of drug-likeness (QED) is 0.909. The van der Waals surface area contributed by atoms with Gasteiger partial charge in [-0.25, -0.2) is 0 Å². The molecule has 1 aliphatic rings. The first-order chi connectivity index (χ1) is 8.88. The van der Waals surface area contributed by atoms with Crippen LogP contribution in [0.5, 0.6) is 0 Å². The van der Waals surface area contributed by atoms with Gasteiger partial charge < -0.3 is 5.11 Å². The summed E-state index contributed by atoms with van der Waals surface area (Å²) >= 11 is 0. The van der Waals surface area contributed by atoms with Gasteiger partial charge in [0.05, 0.1) is 0 Å². The van der Waals surface area contributed by atoms with Gasteiger partial charge in [0.2, 0.25) is 0 Å². The Labute approximate surface area is 114 Å². The Balaban J connectivity index is 2.06. The Morgan fingerprint density at radius 1 is 1.47 bits per heavy atom. The van der Waals surface area contributed by atoms with E-state index in [2.05, 4.69) is 31.8 Å². The molecule has 0 aliphatic carbocycles. The van der Waals surface area contributed by atoms with Gasteiger partial charge in [-0.05, 0) is 31.0 Å². The van der Waals surface area contributed by atoms with Gasteiger partial charge in [-0.1, -0.05) is 26.8 Å². The van der Waals surface area contributed by atoms with Crippen LogP contribution in [0.4, 0.5) is 0 Å². The van der Waals surface area contributed by atoms with E-state index >= 15 is 0 Å². The zero-order valence-electron chi connectivity index (χ0n) is 11.9. The smallest absolute Gasteiger partial charge is 0.320 e. The van der Waals surface area contributed by atoms with Crippen LogP contribution in [-0.2, 0) is 16.8 Å². The minimum Gasteiger partial charge on any atom is -0.480 e. The Kier molecular flexibility index (Phi) is 3.90. The van der Waals surface area contributed by atoms with Crippen molar-refractivity contribution in [3.63, 3.8) is 0 Å². The molecule has 2 rings (SSSR count). The molecule has 1 aromatic rings. The summed E-state index contributed by atoms with van der Waals surface area (Å²) in [6, 6.07) is 3.77. The second-order valence-electron chi connectivity index (χ2n) is 6.27. The summed E-state index contributed by atoms with van der Waals surface area (Å²) in [4.78, 5) is 17.6. The zero-order valence-corrected chi connectivity index (χ0v) is 11.9. The van der Waals surface area contributed by atoms with E-state index in [0.717, 1.165) is 30.6 Å². The average molecular weight is 262 g/mol. The standard InChI is InChI=1S/C15H22N2O2/c1-15(2,3)13-7-6-11(9-16-13)10-17-8-4-5-12(17)14(18)19/h6-7,9,12H,4-5,8,10H2,1-3H3,(H,18,19). The predicted molar refractivity (Wildman–Crippen MR) is 74.0 cm³/mol. The van der Waals surface area contributed by atoms with E-state index < -0.39 is 5.97 Å². The molecule has 2 heterocycles. The van der Waals surface area contributed by atoms with Crippen LogP contribution < -0.4 is 0 Å². The first-order valence-corrected chi connectivity index (χ1v) is 6.80. The number of rotatable bonds is 3. The van der Waals surface area contributed by atoms with Crippen LogP contribution in [0.25, 0.3) is 0 Å². The highest BCUT2D eigenvalue weighted by Gasteiger charge is 2.30. The molecule has 0 bridgehead atoms. The molecule has 1 aliphatic heterocycles. The van der Waals surface area contributed by atoms with Crippen LogP contribution in [0.1, 0.15) is 44.9 Å². The molecule has 1 unspecified atom stereocenters. The first-order valence-electron chi connectivity index (χ1n) is 6.80. The third kappa shape index (κ3) is 3.32. The van der Waals surface area contributed by atoms with Crippen molar-refractivity contribution in [3.05, 3.63) is 29.6 Å². The molecule has 0 amide bonds. The highest BCUT2D eigenvalue weighted by molar-refractivity contribution is 5.73. The molecule has 0 radical (unpaired) electrons. The van der Waals surface area contributed by atoms with Crippen LogP contribution >= 0.6 is 0 Å². The number of hydrogen-bond donors (Lipinski definition) is 1. The topological polar surface area (TPSA) is 53.4 Å². The van der Waals surface area contributed by atoms with Gasteiger partial charge >= 0.3 is 5.97 Å². The minimum atomic E-state index is -0.711. The van der Waals surface area contributed by atoms with E-state index in [9.17, 15) is 4.79 Å². The monoisotopic (exact) mass is 262 g/mol. The number of likely N-dealkylation sites (tertiary alicyclic amines) is 1. The van der Waals surface area contributed by atoms with Crippen LogP contribution in [0.15, 0.2) is 18.3 Å². The fourth-order valence-corrected chi connectivity index (χ4v) is 2.49. The molecule has 0 saturated carbocycles. The third-order valence-corrected chi connectivity index (χ3v) is 3.63. The van der Waals surface area contributed by atoms with Crippen molar-refractivity contribution >= 4 is 5.97 Å². The van der Waals surface area contributed by atoms with E-state index in [0.29, 0.717) is 6.54 Å². The summed E-state index contributed by atoms with van der Waals surface area (Å²) in [6.45, 7) is 7.94. The van der Waals surface area contributed by atoms with E-state index in [-0.39, 0.29) is 11.5 Å². The van der Waals surface area contributed by atoms with Gasteiger partial charge in [-0.15, -0.1) is 0 Å². The molecule has 0 spiro atoms.